The number of H-pyrrole nitrogens is 1. The Labute approximate surface area is 80.3 Å². The molecule has 0 aliphatic heterocycles. The van der Waals surface area contributed by atoms with E-state index in [4.69, 9.17) is 0 Å². The van der Waals surface area contributed by atoms with E-state index in [9.17, 15) is 4.39 Å². The smallest absolute Gasteiger partial charge is 0.161 e. The van der Waals surface area contributed by atoms with Crippen LogP contribution in [0, 0.1) is 5.82 Å². The zero-order chi connectivity index (χ0) is 9.97. The van der Waals surface area contributed by atoms with Gasteiger partial charge in [0, 0.05) is 5.56 Å². The lowest BCUT2D eigenvalue weighted by Gasteiger charge is -1.94. The molecule has 0 aliphatic rings. The standard InChI is InChI=1S/C10H8FN3/c1-2-9-12-10(14-13-9)7-4-3-5-8(11)6-7/h2-6H,1H2,(H,12,13,14). The second-order valence-electron chi connectivity index (χ2n) is 2.77. The van der Waals surface area contributed by atoms with Gasteiger partial charge >= 0.3 is 0 Å². The number of hydrogen-bond acceptors (Lipinski definition) is 2. The average molecular weight is 189 g/mol. The molecule has 0 fully saturated rings. The predicted molar refractivity (Wildman–Crippen MR) is 51.9 cm³/mol. The number of rotatable bonds is 2. The number of halogens is 1. The molecule has 0 amide bonds. The van der Waals surface area contributed by atoms with Gasteiger partial charge in [-0.15, -0.1) is 10.2 Å². The highest BCUT2D eigenvalue weighted by Gasteiger charge is 2.03. The molecule has 1 aromatic heterocycles. The van der Waals surface area contributed by atoms with Crippen LogP contribution in [-0.2, 0) is 0 Å². The van der Waals surface area contributed by atoms with Gasteiger partial charge < -0.3 is 4.98 Å². The van der Waals surface area contributed by atoms with Crippen molar-refractivity contribution in [2.75, 3.05) is 0 Å². The first-order valence-corrected chi connectivity index (χ1v) is 4.10. The summed E-state index contributed by atoms with van der Waals surface area (Å²) in [5.74, 6) is 0.822. The van der Waals surface area contributed by atoms with Gasteiger partial charge in [-0.3, -0.25) is 0 Å². The van der Waals surface area contributed by atoms with Crippen LogP contribution in [0.15, 0.2) is 30.8 Å². The highest BCUT2D eigenvalue weighted by Crippen LogP contribution is 2.15. The summed E-state index contributed by atoms with van der Waals surface area (Å²) < 4.78 is 12.9. The molecule has 0 radical (unpaired) electrons. The second kappa shape index (κ2) is 3.41. The lowest BCUT2D eigenvalue weighted by atomic mass is 10.2. The first-order chi connectivity index (χ1) is 6.79. The molecule has 14 heavy (non-hydrogen) atoms. The van der Waals surface area contributed by atoms with E-state index in [1.807, 2.05) is 0 Å². The van der Waals surface area contributed by atoms with Crippen LogP contribution < -0.4 is 0 Å². The Morgan fingerprint density at radius 1 is 1.36 bits per heavy atom. The zero-order valence-corrected chi connectivity index (χ0v) is 7.37. The molecule has 0 saturated heterocycles. The fraction of sp³-hybridized carbons (Fsp3) is 0. The molecule has 70 valence electrons. The van der Waals surface area contributed by atoms with Crippen LogP contribution in [0.4, 0.5) is 4.39 Å². The van der Waals surface area contributed by atoms with E-state index < -0.39 is 0 Å². The minimum absolute atomic E-state index is 0.293. The lowest BCUT2D eigenvalue weighted by molar-refractivity contribution is 0.628. The van der Waals surface area contributed by atoms with Gasteiger partial charge in [0.05, 0.1) is 0 Å². The fourth-order valence-corrected chi connectivity index (χ4v) is 1.13. The van der Waals surface area contributed by atoms with Crippen molar-refractivity contribution in [1.29, 1.82) is 0 Å². The van der Waals surface area contributed by atoms with Crippen molar-refractivity contribution in [2.24, 2.45) is 0 Å². The van der Waals surface area contributed by atoms with Crippen molar-refractivity contribution in [1.82, 2.24) is 15.2 Å². The number of benzene rings is 1. The van der Waals surface area contributed by atoms with Gasteiger partial charge in [0.2, 0.25) is 0 Å². The number of hydrogen-bond donors (Lipinski definition) is 1. The molecule has 2 aromatic rings. The minimum atomic E-state index is -0.293. The number of nitrogens with one attached hydrogen (secondary N) is 1. The Morgan fingerprint density at radius 2 is 2.21 bits per heavy atom. The average Bonchev–Trinajstić information content (AvgIpc) is 2.66. The molecule has 3 nitrogen and oxygen atoms in total. The topological polar surface area (TPSA) is 41.6 Å². The quantitative estimate of drug-likeness (QED) is 0.787. The number of aromatic amines is 1. The van der Waals surface area contributed by atoms with E-state index in [2.05, 4.69) is 21.8 Å². The summed E-state index contributed by atoms with van der Waals surface area (Å²) in [5.41, 5.74) is 0.672. The molecule has 1 heterocycles. The molecule has 0 bridgehead atoms. The van der Waals surface area contributed by atoms with E-state index in [0.717, 1.165) is 0 Å². The summed E-state index contributed by atoms with van der Waals surface area (Å²) in [6, 6.07) is 6.17. The maximum atomic E-state index is 12.9. The monoisotopic (exact) mass is 189 g/mol. The number of aromatic nitrogens is 3. The molecule has 0 aliphatic carbocycles. The minimum Gasteiger partial charge on any atom is -0.321 e. The summed E-state index contributed by atoms with van der Waals surface area (Å²) in [7, 11) is 0. The molecule has 0 saturated carbocycles. The highest BCUT2D eigenvalue weighted by molar-refractivity contribution is 5.55. The zero-order valence-electron chi connectivity index (χ0n) is 7.37. The van der Waals surface area contributed by atoms with Crippen molar-refractivity contribution in [3.8, 4) is 11.4 Å². The Kier molecular flexibility index (Phi) is 2.10. The summed E-state index contributed by atoms with van der Waals surface area (Å²) in [6.45, 7) is 3.55. The van der Waals surface area contributed by atoms with Gasteiger partial charge in [0.25, 0.3) is 0 Å². The molecule has 2 rings (SSSR count). The molecule has 4 heteroatoms. The Bertz CT molecular complexity index is 462. The third-order valence-corrected chi connectivity index (χ3v) is 1.80. The van der Waals surface area contributed by atoms with Gasteiger partial charge in [0.15, 0.2) is 11.6 Å². The molecular weight excluding hydrogens is 181 g/mol. The van der Waals surface area contributed by atoms with Crippen molar-refractivity contribution < 1.29 is 4.39 Å². The van der Waals surface area contributed by atoms with E-state index in [1.54, 1.807) is 18.2 Å². The van der Waals surface area contributed by atoms with Gasteiger partial charge in [-0.2, -0.15) is 0 Å². The van der Waals surface area contributed by atoms with E-state index >= 15 is 0 Å². The van der Waals surface area contributed by atoms with Crippen LogP contribution in [0.1, 0.15) is 5.82 Å². The van der Waals surface area contributed by atoms with Crippen LogP contribution in [0.5, 0.6) is 0 Å². The third kappa shape index (κ3) is 1.54. The molecule has 0 unspecified atom stereocenters. The van der Waals surface area contributed by atoms with E-state index in [1.165, 1.54) is 12.1 Å². The summed E-state index contributed by atoms with van der Waals surface area (Å²) in [5, 5.41) is 7.65. The predicted octanol–water partition coefficient (Wildman–Crippen LogP) is 2.25. The van der Waals surface area contributed by atoms with Crippen molar-refractivity contribution in [3.63, 3.8) is 0 Å². The number of nitrogens with zero attached hydrogens (tertiary/aromatic N) is 2. The summed E-state index contributed by atoms with van der Waals surface area (Å²) >= 11 is 0. The Hall–Kier alpha value is -1.97. The van der Waals surface area contributed by atoms with Gasteiger partial charge in [0.1, 0.15) is 5.82 Å². The van der Waals surface area contributed by atoms with E-state index in [-0.39, 0.29) is 5.82 Å². The summed E-state index contributed by atoms with van der Waals surface area (Å²) in [6.07, 6.45) is 1.55. The van der Waals surface area contributed by atoms with Crippen molar-refractivity contribution >= 4 is 6.08 Å². The maximum absolute atomic E-state index is 12.9. The van der Waals surface area contributed by atoms with Crippen molar-refractivity contribution in [3.05, 3.63) is 42.5 Å². The first kappa shape index (κ1) is 8.62. The second-order valence-corrected chi connectivity index (χ2v) is 2.77. The normalized spacial score (nSPS) is 10.1. The maximum Gasteiger partial charge on any atom is 0.161 e. The molecule has 1 aromatic carbocycles. The highest BCUT2D eigenvalue weighted by atomic mass is 19.1. The SMILES string of the molecule is C=Cc1nnc(-c2cccc(F)c2)[nH]1. The fourth-order valence-electron chi connectivity index (χ4n) is 1.13. The molecule has 0 atom stereocenters. The Balaban J connectivity index is 2.43. The molecule has 1 N–H and O–H groups in total. The van der Waals surface area contributed by atoms with Crippen LogP contribution in [0.2, 0.25) is 0 Å². The summed E-state index contributed by atoms with van der Waals surface area (Å²) in [4.78, 5) is 2.90. The van der Waals surface area contributed by atoms with Crippen molar-refractivity contribution in [2.45, 2.75) is 0 Å². The lowest BCUT2D eigenvalue weighted by Crippen LogP contribution is -1.82. The van der Waals surface area contributed by atoms with Gasteiger partial charge in [-0.1, -0.05) is 18.7 Å². The molecular formula is C10H8FN3. The third-order valence-electron chi connectivity index (χ3n) is 1.80. The molecule has 0 spiro atoms. The first-order valence-electron chi connectivity index (χ1n) is 4.10. The van der Waals surface area contributed by atoms with Crippen LogP contribution in [-0.4, -0.2) is 15.2 Å². The largest absolute Gasteiger partial charge is 0.321 e. The van der Waals surface area contributed by atoms with E-state index in [0.29, 0.717) is 17.2 Å². The van der Waals surface area contributed by atoms with Gasteiger partial charge in [-0.05, 0) is 18.2 Å². The van der Waals surface area contributed by atoms with Gasteiger partial charge in [-0.25, -0.2) is 4.39 Å². The Morgan fingerprint density at radius 3 is 2.86 bits per heavy atom. The van der Waals surface area contributed by atoms with Crippen LogP contribution in [0.3, 0.4) is 0 Å². The van der Waals surface area contributed by atoms with Crippen LogP contribution >= 0.6 is 0 Å². The van der Waals surface area contributed by atoms with Crippen LogP contribution in [0.25, 0.3) is 17.5 Å².